The van der Waals surface area contributed by atoms with Crippen LogP contribution in [0.25, 0.3) is 0 Å². The Kier molecular flexibility index (Phi) is 9.84. The molecular formula is C23H43N3O. The summed E-state index contributed by atoms with van der Waals surface area (Å²) in [6, 6.07) is 0. The number of piperazine rings is 1. The second kappa shape index (κ2) is 11.9. The second-order valence-corrected chi connectivity index (χ2v) is 9.06. The first kappa shape index (κ1) is 22.4. The molecule has 2 aliphatic rings. The predicted octanol–water partition coefficient (Wildman–Crippen LogP) is 4.03. The van der Waals surface area contributed by atoms with Gasteiger partial charge in [0, 0.05) is 39.1 Å². The Morgan fingerprint density at radius 1 is 1.04 bits per heavy atom. The third-order valence-electron chi connectivity index (χ3n) is 6.43. The number of carbonyl (C=O) groups excluding carboxylic acids is 1. The molecular weight excluding hydrogens is 334 g/mol. The highest BCUT2D eigenvalue weighted by atomic mass is 16.2. The summed E-state index contributed by atoms with van der Waals surface area (Å²) in [4.78, 5) is 19.7. The van der Waals surface area contributed by atoms with Crippen molar-refractivity contribution in [2.45, 2.75) is 66.2 Å². The number of carbonyl (C=O) groups is 1. The van der Waals surface area contributed by atoms with Crippen molar-refractivity contribution < 1.29 is 4.79 Å². The lowest BCUT2D eigenvalue weighted by Gasteiger charge is -2.35. The van der Waals surface area contributed by atoms with Gasteiger partial charge in [-0.2, -0.15) is 0 Å². The van der Waals surface area contributed by atoms with Crippen LogP contribution in [0.4, 0.5) is 0 Å². The Morgan fingerprint density at radius 2 is 1.70 bits per heavy atom. The molecule has 2 aliphatic heterocycles. The van der Waals surface area contributed by atoms with Crippen molar-refractivity contribution in [3.8, 4) is 0 Å². The molecule has 0 aromatic rings. The number of nitrogens with zero attached hydrogens (tertiary/aromatic N) is 3. The molecule has 4 heteroatoms. The first-order valence-electron chi connectivity index (χ1n) is 11.3. The molecule has 0 radical (unpaired) electrons. The summed E-state index contributed by atoms with van der Waals surface area (Å²) in [5, 5.41) is 0. The lowest BCUT2D eigenvalue weighted by molar-refractivity contribution is -0.133. The Balaban J connectivity index is 1.58. The lowest BCUT2D eigenvalue weighted by Crippen LogP contribution is -2.48. The van der Waals surface area contributed by atoms with Gasteiger partial charge in [0.15, 0.2) is 0 Å². The van der Waals surface area contributed by atoms with E-state index in [1.165, 1.54) is 50.9 Å². The molecule has 0 spiro atoms. The van der Waals surface area contributed by atoms with Crippen LogP contribution in [0.2, 0.25) is 0 Å². The highest BCUT2D eigenvalue weighted by Gasteiger charge is 2.23. The molecule has 2 fully saturated rings. The zero-order valence-electron chi connectivity index (χ0n) is 18.4. The fourth-order valence-corrected chi connectivity index (χ4v) is 4.45. The summed E-state index contributed by atoms with van der Waals surface area (Å²) in [5.41, 5.74) is 1.44. The van der Waals surface area contributed by atoms with Gasteiger partial charge in [-0.25, -0.2) is 0 Å². The molecule has 27 heavy (non-hydrogen) atoms. The molecule has 0 aromatic carbocycles. The molecule has 0 aromatic heterocycles. The van der Waals surface area contributed by atoms with E-state index in [4.69, 9.17) is 0 Å². The van der Waals surface area contributed by atoms with Crippen LogP contribution in [0.3, 0.4) is 0 Å². The zero-order chi connectivity index (χ0) is 19.6. The quantitative estimate of drug-likeness (QED) is 0.568. The minimum absolute atomic E-state index is 0.390. The van der Waals surface area contributed by atoms with Gasteiger partial charge in [-0.15, -0.1) is 0 Å². The minimum Gasteiger partial charge on any atom is -0.340 e. The molecule has 0 N–H and O–H groups in total. The zero-order valence-corrected chi connectivity index (χ0v) is 18.4. The summed E-state index contributed by atoms with van der Waals surface area (Å²) in [7, 11) is 0. The number of likely N-dealkylation sites (N-methyl/N-ethyl adjacent to an activating group) is 1. The summed E-state index contributed by atoms with van der Waals surface area (Å²) >= 11 is 0. The van der Waals surface area contributed by atoms with Crippen molar-refractivity contribution in [2.75, 3.05) is 52.4 Å². The Hall–Kier alpha value is -0.870. The van der Waals surface area contributed by atoms with E-state index in [0.29, 0.717) is 5.91 Å². The van der Waals surface area contributed by atoms with Crippen molar-refractivity contribution in [3.63, 3.8) is 0 Å². The van der Waals surface area contributed by atoms with Crippen LogP contribution in [0.1, 0.15) is 66.2 Å². The summed E-state index contributed by atoms with van der Waals surface area (Å²) in [5.74, 6) is 1.92. The monoisotopic (exact) mass is 377 g/mol. The van der Waals surface area contributed by atoms with Crippen LogP contribution in [0.15, 0.2) is 11.6 Å². The normalized spacial score (nSPS) is 21.3. The van der Waals surface area contributed by atoms with E-state index in [2.05, 4.69) is 48.5 Å². The molecule has 0 bridgehead atoms. The van der Waals surface area contributed by atoms with Crippen molar-refractivity contribution in [1.82, 2.24) is 14.7 Å². The Morgan fingerprint density at radius 3 is 2.30 bits per heavy atom. The molecule has 2 heterocycles. The van der Waals surface area contributed by atoms with Crippen molar-refractivity contribution >= 4 is 5.91 Å². The molecule has 2 saturated heterocycles. The van der Waals surface area contributed by atoms with Gasteiger partial charge < -0.3 is 14.7 Å². The number of piperidine rings is 1. The molecule has 0 aliphatic carbocycles. The number of hydrogen-bond donors (Lipinski definition) is 0. The number of hydrogen-bond acceptors (Lipinski definition) is 3. The van der Waals surface area contributed by atoms with Crippen molar-refractivity contribution in [2.24, 2.45) is 11.8 Å². The van der Waals surface area contributed by atoms with Crippen LogP contribution in [-0.2, 0) is 4.79 Å². The number of likely N-dealkylation sites (tertiary alicyclic amines) is 1. The predicted molar refractivity (Wildman–Crippen MR) is 115 cm³/mol. The summed E-state index contributed by atoms with van der Waals surface area (Å²) in [6.45, 7) is 17.7. The van der Waals surface area contributed by atoms with Gasteiger partial charge in [-0.1, -0.05) is 25.5 Å². The van der Waals surface area contributed by atoms with Gasteiger partial charge in [0.2, 0.25) is 5.91 Å². The van der Waals surface area contributed by atoms with Gasteiger partial charge in [-0.3, -0.25) is 4.79 Å². The Labute approximate surface area is 168 Å². The first-order valence-corrected chi connectivity index (χ1v) is 11.3. The van der Waals surface area contributed by atoms with Crippen LogP contribution in [-0.4, -0.2) is 73.0 Å². The topological polar surface area (TPSA) is 26.8 Å². The van der Waals surface area contributed by atoms with Gasteiger partial charge in [0.25, 0.3) is 0 Å². The fraction of sp³-hybridized carbons (Fsp3) is 0.870. The number of rotatable bonds is 9. The van der Waals surface area contributed by atoms with E-state index >= 15 is 0 Å². The fourth-order valence-electron chi connectivity index (χ4n) is 4.45. The van der Waals surface area contributed by atoms with E-state index in [-0.39, 0.29) is 0 Å². The molecule has 2 rings (SSSR count). The highest BCUT2D eigenvalue weighted by Crippen LogP contribution is 2.23. The largest absolute Gasteiger partial charge is 0.340 e. The lowest BCUT2D eigenvalue weighted by atomic mass is 9.91. The molecule has 156 valence electrons. The molecule has 0 saturated carbocycles. The number of amides is 1. The molecule has 1 atom stereocenters. The summed E-state index contributed by atoms with van der Waals surface area (Å²) in [6.07, 6.45) is 9.28. The molecule has 4 nitrogen and oxygen atoms in total. The molecule has 1 amide bonds. The smallest absolute Gasteiger partial charge is 0.222 e. The average Bonchev–Trinajstić information content (AvgIpc) is 2.67. The maximum Gasteiger partial charge on any atom is 0.222 e. The maximum atomic E-state index is 12.5. The third-order valence-corrected chi connectivity index (χ3v) is 6.43. The van der Waals surface area contributed by atoms with Crippen LogP contribution in [0.5, 0.6) is 0 Å². The van der Waals surface area contributed by atoms with Crippen molar-refractivity contribution in [1.29, 1.82) is 0 Å². The van der Waals surface area contributed by atoms with E-state index in [9.17, 15) is 4.79 Å². The van der Waals surface area contributed by atoms with E-state index in [1.54, 1.807) is 0 Å². The molecule has 1 unspecified atom stereocenters. The number of allylic oxidation sites excluding steroid dienone is 2. The summed E-state index contributed by atoms with van der Waals surface area (Å²) < 4.78 is 0. The van der Waals surface area contributed by atoms with Gasteiger partial charge in [-0.05, 0) is 77.4 Å². The minimum atomic E-state index is 0.390. The standard InChI is InChI=1S/C23H43N3O/c1-5-24-15-17-26(18-16-24)23(27)10-9-22-11-13-25(14-12-22)19-21(4)8-6-7-20(2)3/h7,21-22H,5-6,8-19H2,1-4H3. The van der Waals surface area contributed by atoms with E-state index < -0.39 is 0 Å². The van der Waals surface area contributed by atoms with Gasteiger partial charge in [0.05, 0.1) is 0 Å². The highest BCUT2D eigenvalue weighted by molar-refractivity contribution is 5.76. The maximum absolute atomic E-state index is 12.5. The van der Waals surface area contributed by atoms with Crippen molar-refractivity contribution in [3.05, 3.63) is 11.6 Å². The van der Waals surface area contributed by atoms with Gasteiger partial charge >= 0.3 is 0 Å². The van der Waals surface area contributed by atoms with Gasteiger partial charge in [0.1, 0.15) is 0 Å². The van der Waals surface area contributed by atoms with Crippen LogP contribution >= 0.6 is 0 Å². The first-order chi connectivity index (χ1) is 13.0. The van der Waals surface area contributed by atoms with Crippen LogP contribution < -0.4 is 0 Å². The van der Waals surface area contributed by atoms with E-state index in [0.717, 1.165) is 57.4 Å². The average molecular weight is 378 g/mol. The third kappa shape index (κ3) is 8.35. The van der Waals surface area contributed by atoms with E-state index in [1.807, 2.05) is 0 Å². The Bertz CT molecular complexity index is 456. The SMILES string of the molecule is CCN1CCN(C(=O)CCC2CCN(CC(C)CCC=C(C)C)CC2)CC1. The second-order valence-electron chi connectivity index (χ2n) is 9.06. The van der Waals surface area contributed by atoms with Crippen LogP contribution in [0, 0.1) is 11.8 Å².